The van der Waals surface area contributed by atoms with Crippen LogP contribution in [0, 0.1) is 0 Å². The van der Waals surface area contributed by atoms with Crippen LogP contribution in [0.4, 0.5) is 4.79 Å². The van der Waals surface area contributed by atoms with E-state index in [2.05, 4.69) is 0 Å². The number of benzene rings is 2. The van der Waals surface area contributed by atoms with Crippen molar-refractivity contribution in [3.8, 4) is 0 Å². The van der Waals surface area contributed by atoms with Gasteiger partial charge in [-0.2, -0.15) is 0 Å². The van der Waals surface area contributed by atoms with Crippen molar-refractivity contribution < 1.29 is 24.2 Å². The van der Waals surface area contributed by atoms with E-state index in [4.69, 9.17) is 9.47 Å². The molecule has 26 heavy (non-hydrogen) atoms. The molecule has 0 bridgehead atoms. The molecule has 1 saturated heterocycles. The number of carboxylic acid groups (broad SMARTS) is 1. The molecule has 0 saturated carbocycles. The molecule has 6 heteroatoms. The van der Waals surface area contributed by atoms with Crippen LogP contribution in [0.15, 0.2) is 60.7 Å². The van der Waals surface area contributed by atoms with Gasteiger partial charge in [-0.15, -0.1) is 0 Å². The normalized spacial score (nSPS) is 19.3. The molecule has 3 rings (SSSR count). The van der Waals surface area contributed by atoms with E-state index in [0.29, 0.717) is 6.61 Å². The molecular weight excluding hydrogens is 334 g/mol. The lowest BCUT2D eigenvalue weighted by atomic mass is 10.2. The summed E-state index contributed by atoms with van der Waals surface area (Å²) in [6.07, 6.45) is -0.713. The van der Waals surface area contributed by atoms with Crippen LogP contribution in [0.5, 0.6) is 0 Å². The zero-order valence-corrected chi connectivity index (χ0v) is 14.3. The number of carboxylic acids is 1. The summed E-state index contributed by atoms with van der Waals surface area (Å²) in [5.74, 6) is -1.05. The number of carbonyl (C=O) groups excluding carboxylic acids is 1. The maximum absolute atomic E-state index is 12.3. The van der Waals surface area contributed by atoms with Gasteiger partial charge in [0.15, 0.2) is 0 Å². The number of likely N-dealkylation sites (tertiary alicyclic amines) is 1. The lowest BCUT2D eigenvalue weighted by Crippen LogP contribution is -2.40. The minimum atomic E-state index is -1.05. The predicted octanol–water partition coefficient (Wildman–Crippen LogP) is 3.07. The highest BCUT2D eigenvalue weighted by Crippen LogP contribution is 2.23. The monoisotopic (exact) mass is 355 g/mol. The number of aliphatic carboxylic acids is 1. The van der Waals surface area contributed by atoms with E-state index in [9.17, 15) is 14.7 Å². The first-order valence-corrected chi connectivity index (χ1v) is 8.49. The van der Waals surface area contributed by atoms with Gasteiger partial charge >= 0.3 is 12.1 Å². The van der Waals surface area contributed by atoms with Crippen LogP contribution < -0.4 is 0 Å². The third-order valence-corrected chi connectivity index (χ3v) is 4.32. The number of amides is 1. The summed E-state index contributed by atoms with van der Waals surface area (Å²) < 4.78 is 11.1. The number of carbonyl (C=O) groups is 2. The summed E-state index contributed by atoms with van der Waals surface area (Å²) in [4.78, 5) is 25.1. The Kier molecular flexibility index (Phi) is 5.86. The van der Waals surface area contributed by atoms with Crippen molar-refractivity contribution in [1.29, 1.82) is 0 Å². The SMILES string of the molecule is O=C(O)[C@@H]1C[C@@H](OCc2ccccc2)CN1C(=O)OCc1ccccc1. The second-order valence-electron chi connectivity index (χ2n) is 6.20. The van der Waals surface area contributed by atoms with E-state index >= 15 is 0 Å². The first-order valence-electron chi connectivity index (χ1n) is 8.49. The molecule has 1 fully saturated rings. The van der Waals surface area contributed by atoms with E-state index in [1.807, 2.05) is 60.7 Å². The van der Waals surface area contributed by atoms with E-state index in [-0.39, 0.29) is 25.7 Å². The van der Waals surface area contributed by atoms with Crippen LogP contribution in [-0.4, -0.2) is 40.8 Å². The van der Waals surface area contributed by atoms with Crippen molar-refractivity contribution in [3.05, 3.63) is 71.8 Å². The minimum absolute atomic E-state index is 0.109. The average Bonchev–Trinajstić information content (AvgIpc) is 3.11. The number of rotatable bonds is 6. The quantitative estimate of drug-likeness (QED) is 0.862. The van der Waals surface area contributed by atoms with E-state index in [0.717, 1.165) is 11.1 Å². The van der Waals surface area contributed by atoms with Crippen molar-refractivity contribution in [2.75, 3.05) is 6.54 Å². The molecule has 1 aliphatic heterocycles. The minimum Gasteiger partial charge on any atom is -0.480 e. The molecule has 2 aromatic carbocycles. The fraction of sp³-hybridized carbons (Fsp3) is 0.300. The van der Waals surface area contributed by atoms with Crippen molar-refractivity contribution in [1.82, 2.24) is 4.90 Å². The summed E-state index contributed by atoms with van der Waals surface area (Å²) in [7, 11) is 0. The van der Waals surface area contributed by atoms with Gasteiger partial charge in [-0.3, -0.25) is 4.90 Å². The molecular formula is C20H21NO5. The fourth-order valence-electron chi connectivity index (χ4n) is 2.94. The standard InChI is InChI=1S/C20H21NO5/c22-19(23)18-11-17(25-13-15-7-3-1-4-8-15)12-21(18)20(24)26-14-16-9-5-2-6-10-16/h1-10,17-18H,11-14H2,(H,22,23)/t17-,18+/m1/s1. The van der Waals surface area contributed by atoms with Gasteiger partial charge in [-0.05, 0) is 11.1 Å². The van der Waals surface area contributed by atoms with Gasteiger partial charge in [0.25, 0.3) is 0 Å². The van der Waals surface area contributed by atoms with Gasteiger partial charge in [-0.25, -0.2) is 9.59 Å². The number of hydrogen-bond donors (Lipinski definition) is 1. The van der Waals surface area contributed by atoms with Crippen LogP contribution >= 0.6 is 0 Å². The van der Waals surface area contributed by atoms with Crippen LogP contribution in [0.2, 0.25) is 0 Å². The molecule has 1 N–H and O–H groups in total. The Labute approximate surface area is 152 Å². The highest BCUT2D eigenvalue weighted by Gasteiger charge is 2.41. The molecule has 0 spiro atoms. The Hall–Kier alpha value is -2.86. The summed E-state index contributed by atoms with van der Waals surface area (Å²) in [6, 6.07) is 18.0. The highest BCUT2D eigenvalue weighted by molar-refractivity contribution is 5.80. The smallest absolute Gasteiger partial charge is 0.410 e. The van der Waals surface area contributed by atoms with Crippen LogP contribution in [0.25, 0.3) is 0 Å². The number of ether oxygens (including phenoxy) is 2. The Morgan fingerprint density at radius 2 is 1.54 bits per heavy atom. The molecule has 6 nitrogen and oxygen atoms in total. The molecule has 1 amide bonds. The molecule has 136 valence electrons. The van der Waals surface area contributed by atoms with E-state index in [1.165, 1.54) is 4.90 Å². The maximum atomic E-state index is 12.3. The van der Waals surface area contributed by atoms with Gasteiger partial charge in [0.05, 0.1) is 19.3 Å². The number of nitrogens with zero attached hydrogens (tertiary/aromatic N) is 1. The predicted molar refractivity (Wildman–Crippen MR) is 94.4 cm³/mol. The highest BCUT2D eigenvalue weighted by atomic mass is 16.6. The zero-order chi connectivity index (χ0) is 18.4. The Morgan fingerprint density at radius 3 is 2.12 bits per heavy atom. The lowest BCUT2D eigenvalue weighted by Gasteiger charge is -2.20. The summed E-state index contributed by atoms with van der Waals surface area (Å²) in [5, 5.41) is 9.42. The Bertz CT molecular complexity index is 734. The fourth-order valence-corrected chi connectivity index (χ4v) is 2.94. The van der Waals surface area contributed by atoms with Gasteiger partial charge in [0.2, 0.25) is 0 Å². The van der Waals surface area contributed by atoms with Crippen molar-refractivity contribution in [2.45, 2.75) is 31.8 Å². The Morgan fingerprint density at radius 1 is 0.962 bits per heavy atom. The van der Waals surface area contributed by atoms with Crippen molar-refractivity contribution in [3.63, 3.8) is 0 Å². The van der Waals surface area contributed by atoms with Gasteiger partial charge in [0, 0.05) is 6.42 Å². The summed E-state index contributed by atoms with van der Waals surface area (Å²) >= 11 is 0. The third-order valence-electron chi connectivity index (χ3n) is 4.32. The molecule has 1 aliphatic rings. The molecule has 0 aliphatic carbocycles. The topological polar surface area (TPSA) is 76.1 Å². The van der Waals surface area contributed by atoms with Crippen LogP contribution in [0.3, 0.4) is 0 Å². The molecule has 0 unspecified atom stereocenters. The third kappa shape index (κ3) is 4.61. The second-order valence-corrected chi connectivity index (χ2v) is 6.20. The first-order chi connectivity index (χ1) is 12.6. The molecule has 2 atom stereocenters. The van der Waals surface area contributed by atoms with Gasteiger partial charge < -0.3 is 14.6 Å². The molecule has 1 heterocycles. The maximum Gasteiger partial charge on any atom is 0.410 e. The van der Waals surface area contributed by atoms with Crippen molar-refractivity contribution in [2.24, 2.45) is 0 Å². The Balaban J connectivity index is 1.56. The van der Waals surface area contributed by atoms with E-state index < -0.39 is 18.1 Å². The zero-order valence-electron chi connectivity index (χ0n) is 14.3. The molecule has 2 aromatic rings. The van der Waals surface area contributed by atoms with Crippen molar-refractivity contribution >= 4 is 12.1 Å². The second kappa shape index (κ2) is 8.49. The van der Waals surface area contributed by atoms with Gasteiger partial charge in [0.1, 0.15) is 12.6 Å². The largest absolute Gasteiger partial charge is 0.480 e. The first kappa shape index (κ1) is 17.9. The molecule has 0 radical (unpaired) electrons. The number of hydrogen-bond acceptors (Lipinski definition) is 4. The average molecular weight is 355 g/mol. The summed E-state index contributed by atoms with van der Waals surface area (Å²) in [6.45, 7) is 0.695. The van der Waals surface area contributed by atoms with E-state index in [1.54, 1.807) is 0 Å². The van der Waals surface area contributed by atoms with Crippen LogP contribution in [-0.2, 0) is 27.5 Å². The lowest BCUT2D eigenvalue weighted by molar-refractivity contribution is -0.141. The van der Waals surface area contributed by atoms with Crippen LogP contribution in [0.1, 0.15) is 17.5 Å². The summed E-state index contributed by atoms with van der Waals surface area (Å²) in [5.41, 5.74) is 1.85. The molecule has 0 aromatic heterocycles. The van der Waals surface area contributed by atoms with Gasteiger partial charge in [-0.1, -0.05) is 60.7 Å².